The van der Waals surface area contributed by atoms with Gasteiger partial charge in [-0.05, 0) is 42.0 Å². The molecule has 0 aliphatic carbocycles. The Morgan fingerprint density at radius 3 is 2.21 bits per heavy atom. The molecule has 11 nitrogen and oxygen atoms in total. The number of ether oxygens (including phenoxy) is 2. The minimum Gasteiger partial charge on any atom is -0.356 e. The van der Waals surface area contributed by atoms with Gasteiger partial charge in [0.15, 0.2) is 0 Å². The Labute approximate surface area is 276 Å². The van der Waals surface area contributed by atoms with Crippen molar-refractivity contribution in [3.05, 3.63) is 102 Å². The van der Waals surface area contributed by atoms with Crippen LogP contribution in [-0.4, -0.2) is 66.7 Å². The van der Waals surface area contributed by atoms with Gasteiger partial charge in [-0.1, -0.05) is 87.0 Å². The zero-order chi connectivity index (χ0) is 33.4. The van der Waals surface area contributed by atoms with Gasteiger partial charge in [0.25, 0.3) is 0 Å². The summed E-state index contributed by atoms with van der Waals surface area (Å²) in [5.74, 6) is -2.41. The van der Waals surface area contributed by atoms with Gasteiger partial charge < -0.3 is 25.4 Å². The molecular formula is C36H45N5O6. The minimum absolute atomic E-state index is 0.0459. The van der Waals surface area contributed by atoms with Gasteiger partial charge in [-0.25, -0.2) is 0 Å². The van der Waals surface area contributed by atoms with E-state index >= 15 is 0 Å². The number of pyridine rings is 1. The number of amides is 3. The first kappa shape index (κ1) is 35.4. The third kappa shape index (κ3) is 10.8. The molecule has 1 unspecified atom stereocenters. The second-order valence-corrected chi connectivity index (χ2v) is 11.7. The number of carbonyl (C=O) groups is 4. The Morgan fingerprint density at radius 1 is 0.894 bits per heavy atom. The summed E-state index contributed by atoms with van der Waals surface area (Å²) in [4.78, 5) is 58.1. The minimum atomic E-state index is -1.03. The monoisotopic (exact) mass is 643 g/mol. The van der Waals surface area contributed by atoms with Crippen LogP contribution >= 0.6 is 0 Å². The molecule has 0 spiro atoms. The molecule has 4 N–H and O–H groups in total. The summed E-state index contributed by atoms with van der Waals surface area (Å²) in [7, 11) is 0. The van der Waals surface area contributed by atoms with Crippen LogP contribution in [0, 0.1) is 11.8 Å². The van der Waals surface area contributed by atoms with Crippen molar-refractivity contribution in [2.24, 2.45) is 11.8 Å². The van der Waals surface area contributed by atoms with Crippen LogP contribution in [0.5, 0.6) is 0 Å². The number of hydrogen-bond acceptors (Lipinski definition) is 8. The highest BCUT2D eigenvalue weighted by atomic mass is 16.7. The predicted molar refractivity (Wildman–Crippen MR) is 177 cm³/mol. The lowest BCUT2D eigenvalue weighted by Gasteiger charge is -2.29. The first-order valence-corrected chi connectivity index (χ1v) is 16.2. The van der Waals surface area contributed by atoms with Gasteiger partial charge in [-0.3, -0.25) is 29.5 Å². The van der Waals surface area contributed by atoms with Crippen LogP contribution in [0.2, 0.25) is 0 Å². The molecule has 1 aromatic heterocycles. The van der Waals surface area contributed by atoms with E-state index in [9.17, 15) is 19.2 Å². The maximum Gasteiger partial charge on any atom is 0.243 e. The number of carbonyl (C=O) groups excluding carboxylic acids is 4. The zero-order valence-electron chi connectivity index (χ0n) is 27.0. The molecule has 1 aliphatic heterocycles. The number of nitrogens with zero attached hydrogens (tertiary/aromatic N) is 1. The van der Waals surface area contributed by atoms with Gasteiger partial charge in [0.05, 0.1) is 25.4 Å². The SMILES string of the molecule is CCC[C@H](NCOCOCc1ccccc1)C(=O)N[C@@H](Cc1ccccc1)C(=O)NC(C(=O)c1ccccn1)[C@@H](C)[C@@H]1CCNC1=O. The summed E-state index contributed by atoms with van der Waals surface area (Å²) >= 11 is 0. The number of nitrogens with one attached hydrogen (secondary N) is 4. The van der Waals surface area contributed by atoms with Crippen LogP contribution in [0.25, 0.3) is 0 Å². The van der Waals surface area contributed by atoms with E-state index in [0.717, 1.165) is 11.1 Å². The predicted octanol–water partition coefficient (Wildman–Crippen LogP) is 3.16. The summed E-state index contributed by atoms with van der Waals surface area (Å²) < 4.78 is 11.1. The highest BCUT2D eigenvalue weighted by molar-refractivity contribution is 6.02. The van der Waals surface area contributed by atoms with E-state index in [1.54, 1.807) is 25.1 Å². The zero-order valence-corrected chi connectivity index (χ0v) is 27.0. The number of ketones is 1. The molecule has 4 rings (SSSR count). The van der Waals surface area contributed by atoms with Crippen molar-refractivity contribution in [2.75, 3.05) is 20.1 Å². The first-order chi connectivity index (χ1) is 22.9. The summed E-state index contributed by atoms with van der Waals surface area (Å²) in [5.41, 5.74) is 2.05. The Bertz CT molecular complexity index is 1430. The van der Waals surface area contributed by atoms with Gasteiger partial charge in [0.2, 0.25) is 23.5 Å². The van der Waals surface area contributed by atoms with Crippen LogP contribution in [0.15, 0.2) is 85.1 Å². The van der Waals surface area contributed by atoms with E-state index in [2.05, 4.69) is 26.3 Å². The number of Topliss-reactive ketones (excluding diaryl/α,β-unsaturated/α-hetero) is 1. The van der Waals surface area contributed by atoms with Crippen molar-refractivity contribution in [3.63, 3.8) is 0 Å². The van der Waals surface area contributed by atoms with Crippen LogP contribution in [0.3, 0.4) is 0 Å². The molecule has 3 amide bonds. The van der Waals surface area contributed by atoms with Crippen LogP contribution in [-0.2, 0) is 36.9 Å². The van der Waals surface area contributed by atoms with Crippen molar-refractivity contribution in [3.8, 4) is 0 Å². The van der Waals surface area contributed by atoms with Crippen molar-refractivity contribution >= 4 is 23.5 Å². The molecule has 2 heterocycles. The molecule has 5 atom stereocenters. The van der Waals surface area contributed by atoms with E-state index < -0.39 is 41.7 Å². The summed E-state index contributed by atoms with van der Waals surface area (Å²) in [6.45, 7) is 4.79. The van der Waals surface area contributed by atoms with Gasteiger partial charge in [0, 0.05) is 25.1 Å². The molecule has 250 valence electrons. The third-order valence-corrected chi connectivity index (χ3v) is 8.27. The molecule has 1 saturated heterocycles. The molecule has 1 aliphatic rings. The summed E-state index contributed by atoms with van der Waals surface area (Å²) in [5, 5.41) is 11.8. The largest absolute Gasteiger partial charge is 0.356 e. The van der Waals surface area contributed by atoms with E-state index in [1.165, 1.54) is 6.20 Å². The topological polar surface area (TPSA) is 148 Å². The van der Waals surface area contributed by atoms with E-state index in [-0.39, 0.29) is 37.5 Å². The lowest BCUT2D eigenvalue weighted by molar-refractivity contribution is -0.131. The van der Waals surface area contributed by atoms with Crippen molar-refractivity contribution in [1.82, 2.24) is 26.3 Å². The molecule has 2 aromatic carbocycles. The van der Waals surface area contributed by atoms with Crippen LogP contribution in [0.1, 0.15) is 54.7 Å². The highest BCUT2D eigenvalue weighted by Gasteiger charge is 2.40. The Morgan fingerprint density at radius 2 is 1.57 bits per heavy atom. The second-order valence-electron chi connectivity index (χ2n) is 11.7. The fourth-order valence-electron chi connectivity index (χ4n) is 5.64. The van der Waals surface area contributed by atoms with E-state index in [4.69, 9.17) is 9.47 Å². The molecule has 0 radical (unpaired) electrons. The molecule has 0 saturated carbocycles. The van der Waals surface area contributed by atoms with Crippen molar-refractivity contribution in [1.29, 1.82) is 0 Å². The maximum atomic E-state index is 14.0. The molecule has 1 fully saturated rings. The normalized spacial score (nSPS) is 16.8. The molecule has 47 heavy (non-hydrogen) atoms. The Hall–Kier alpha value is -4.45. The third-order valence-electron chi connectivity index (χ3n) is 8.27. The summed E-state index contributed by atoms with van der Waals surface area (Å²) in [6.07, 6.45) is 3.48. The fraction of sp³-hybridized carbons (Fsp3) is 0.417. The first-order valence-electron chi connectivity index (χ1n) is 16.2. The lowest BCUT2D eigenvalue weighted by atomic mass is 9.83. The molecule has 11 heteroatoms. The van der Waals surface area contributed by atoms with Crippen LogP contribution < -0.4 is 21.3 Å². The van der Waals surface area contributed by atoms with Gasteiger partial charge in [-0.15, -0.1) is 0 Å². The second kappa shape index (κ2) is 18.6. The standard InChI is InChI=1S/C36H45N5O6/c1-3-12-30(39-23-47-24-46-22-27-15-8-5-9-16-27)35(44)40-31(21-26-13-6-4-7-14-26)36(45)41-32(25(2)28-18-20-38-34(28)43)33(42)29-17-10-11-19-37-29/h4-11,13-17,19,25,28,30-32,39H,3,12,18,20-24H2,1-2H3,(H,38,43)(H,40,44)(H,41,45)/t25-,28-,30-,31-,32?/m0/s1. The van der Waals surface area contributed by atoms with Crippen LogP contribution in [0.4, 0.5) is 0 Å². The molecule has 0 bridgehead atoms. The lowest BCUT2D eigenvalue weighted by Crippen LogP contribution is -2.57. The number of aromatic nitrogens is 1. The molecular weight excluding hydrogens is 598 g/mol. The summed E-state index contributed by atoms with van der Waals surface area (Å²) in [6, 6.07) is 21.4. The van der Waals surface area contributed by atoms with Gasteiger partial charge >= 0.3 is 0 Å². The van der Waals surface area contributed by atoms with Gasteiger partial charge in [-0.2, -0.15) is 0 Å². The van der Waals surface area contributed by atoms with Crippen molar-refractivity contribution in [2.45, 2.75) is 64.3 Å². The number of hydrogen-bond donors (Lipinski definition) is 4. The van der Waals surface area contributed by atoms with Gasteiger partial charge in [0.1, 0.15) is 18.5 Å². The smallest absolute Gasteiger partial charge is 0.243 e. The van der Waals surface area contributed by atoms with Crippen molar-refractivity contribution < 1.29 is 28.7 Å². The average molecular weight is 644 g/mol. The van der Waals surface area contributed by atoms with E-state index in [1.807, 2.05) is 67.6 Å². The number of benzene rings is 2. The maximum absolute atomic E-state index is 14.0. The molecule has 3 aromatic rings. The average Bonchev–Trinajstić information content (AvgIpc) is 3.54. The Kier molecular flexibility index (Phi) is 14.0. The fourth-order valence-corrected chi connectivity index (χ4v) is 5.64. The highest BCUT2D eigenvalue weighted by Crippen LogP contribution is 2.25. The van der Waals surface area contributed by atoms with E-state index in [0.29, 0.717) is 32.4 Å². The quantitative estimate of drug-likeness (QED) is 0.0885. The Balaban J connectivity index is 1.44. The number of rotatable bonds is 19.